The van der Waals surface area contributed by atoms with Crippen molar-refractivity contribution in [3.8, 4) is 10.4 Å². The van der Waals surface area contributed by atoms with Gasteiger partial charge in [0.25, 0.3) is 0 Å². The van der Waals surface area contributed by atoms with Crippen molar-refractivity contribution in [1.82, 2.24) is 10.4 Å². The number of nitrogens with one attached hydrogen (secondary N) is 1. The zero-order chi connectivity index (χ0) is 26.6. The van der Waals surface area contributed by atoms with Crippen molar-refractivity contribution < 1.29 is 26.7 Å². The topological polar surface area (TPSA) is 82.5 Å². The Balaban J connectivity index is 1.90. The number of rotatable bonds is 5. The molecule has 0 aliphatic carbocycles. The Morgan fingerprint density at radius 1 is 1.17 bits per heavy atom. The molecule has 1 aliphatic rings. The van der Waals surface area contributed by atoms with E-state index in [4.69, 9.17) is 11.6 Å². The van der Waals surface area contributed by atoms with Crippen molar-refractivity contribution in [2.24, 2.45) is 0 Å². The summed E-state index contributed by atoms with van der Waals surface area (Å²) in [5, 5.41) is 12.1. The van der Waals surface area contributed by atoms with Gasteiger partial charge in [0.1, 0.15) is 0 Å². The summed E-state index contributed by atoms with van der Waals surface area (Å²) in [6.07, 6.45) is -2.55. The number of hydrogen-bond donors (Lipinski definition) is 2. The Kier molecular flexibility index (Phi) is 6.76. The van der Waals surface area contributed by atoms with E-state index in [-0.39, 0.29) is 21.3 Å². The Morgan fingerprint density at radius 3 is 2.47 bits per heavy atom. The number of sulfone groups is 1. The number of aliphatic hydroxyl groups is 1. The van der Waals surface area contributed by atoms with Crippen LogP contribution in [-0.2, 0) is 16.0 Å². The van der Waals surface area contributed by atoms with Gasteiger partial charge in [-0.25, -0.2) is 18.8 Å². The summed E-state index contributed by atoms with van der Waals surface area (Å²) < 4.78 is 65.6. The summed E-state index contributed by atoms with van der Waals surface area (Å²) >= 11 is 7.98. The number of alkyl halides is 3. The van der Waals surface area contributed by atoms with Crippen LogP contribution >= 0.6 is 22.9 Å². The molecule has 0 bridgehead atoms. The highest BCUT2D eigenvalue weighted by Gasteiger charge is 2.44. The lowest BCUT2D eigenvalue weighted by Gasteiger charge is -2.29. The standard InChI is InChI=1S/C24H23ClF3N3O3S2/c1-13-11-17(14-7-5-8-15(12-14)36(4,33)34)35-20(13)19-18(25)22(23(2,3)32)30-31(19)16-9-6-10-29-21(16)24(26,27)28/h5-12,22,30,32H,1-4H3. The van der Waals surface area contributed by atoms with Crippen molar-refractivity contribution in [2.75, 3.05) is 11.3 Å². The number of benzene rings is 1. The lowest BCUT2D eigenvalue weighted by Crippen LogP contribution is -2.49. The summed E-state index contributed by atoms with van der Waals surface area (Å²) in [7, 11) is -3.43. The molecule has 3 heterocycles. The summed E-state index contributed by atoms with van der Waals surface area (Å²) in [5.41, 5.74) is 1.77. The minimum Gasteiger partial charge on any atom is -0.388 e. The van der Waals surface area contributed by atoms with E-state index in [9.17, 15) is 26.7 Å². The van der Waals surface area contributed by atoms with Crippen LogP contribution in [0.5, 0.6) is 0 Å². The highest BCUT2D eigenvalue weighted by molar-refractivity contribution is 7.90. The molecule has 6 nitrogen and oxygen atoms in total. The van der Waals surface area contributed by atoms with Gasteiger partial charge < -0.3 is 5.11 Å². The highest BCUT2D eigenvalue weighted by atomic mass is 35.5. The molecular weight excluding hydrogens is 535 g/mol. The van der Waals surface area contributed by atoms with Gasteiger partial charge in [0.15, 0.2) is 15.5 Å². The van der Waals surface area contributed by atoms with Crippen LogP contribution in [0.3, 0.4) is 0 Å². The number of pyridine rings is 1. The number of thiophene rings is 1. The minimum atomic E-state index is -4.73. The number of aryl methyl sites for hydroxylation is 1. The molecule has 1 atom stereocenters. The molecule has 3 aromatic rings. The Labute approximate surface area is 215 Å². The Hall–Kier alpha value is -2.44. The summed E-state index contributed by atoms with van der Waals surface area (Å²) in [6, 6.07) is 10.0. The maximum absolute atomic E-state index is 13.8. The monoisotopic (exact) mass is 557 g/mol. The van der Waals surface area contributed by atoms with Gasteiger partial charge in [0.05, 0.1) is 37.8 Å². The third-order valence-electron chi connectivity index (χ3n) is 5.64. The molecule has 1 aromatic carbocycles. The van der Waals surface area contributed by atoms with Crippen LogP contribution in [0.1, 0.15) is 30.0 Å². The average Bonchev–Trinajstić information content (AvgIpc) is 3.32. The fourth-order valence-corrected chi connectivity index (χ4v) is 6.33. The lowest BCUT2D eigenvalue weighted by atomic mass is 9.99. The Morgan fingerprint density at radius 2 is 1.86 bits per heavy atom. The number of anilines is 1. The van der Waals surface area contributed by atoms with Gasteiger partial charge in [-0.2, -0.15) is 13.2 Å². The van der Waals surface area contributed by atoms with E-state index in [0.29, 0.717) is 20.9 Å². The zero-order valence-electron chi connectivity index (χ0n) is 19.7. The van der Waals surface area contributed by atoms with Gasteiger partial charge in [-0.1, -0.05) is 23.7 Å². The number of hydrogen-bond acceptors (Lipinski definition) is 7. The van der Waals surface area contributed by atoms with Crippen LogP contribution in [0.2, 0.25) is 0 Å². The average molecular weight is 558 g/mol. The first-order chi connectivity index (χ1) is 16.6. The predicted octanol–water partition coefficient (Wildman–Crippen LogP) is 5.61. The van der Waals surface area contributed by atoms with Gasteiger partial charge in [0.2, 0.25) is 0 Å². The first kappa shape index (κ1) is 26.6. The van der Waals surface area contributed by atoms with Gasteiger partial charge in [-0.3, -0.25) is 5.01 Å². The van der Waals surface area contributed by atoms with E-state index in [1.807, 2.05) is 6.07 Å². The van der Waals surface area contributed by atoms with Crippen LogP contribution in [-0.4, -0.2) is 36.4 Å². The molecule has 2 N–H and O–H groups in total. The van der Waals surface area contributed by atoms with Crippen molar-refractivity contribution in [3.05, 3.63) is 69.8 Å². The second kappa shape index (κ2) is 9.14. The third kappa shape index (κ3) is 5.03. The van der Waals surface area contributed by atoms with Gasteiger partial charge >= 0.3 is 6.18 Å². The van der Waals surface area contributed by atoms with Crippen LogP contribution in [0.15, 0.2) is 58.6 Å². The second-order valence-corrected chi connectivity index (χ2v) is 12.5. The number of halogens is 4. The van der Waals surface area contributed by atoms with Crippen LogP contribution < -0.4 is 10.4 Å². The first-order valence-electron chi connectivity index (χ1n) is 10.7. The Bertz CT molecular complexity index is 1460. The quantitative estimate of drug-likeness (QED) is 0.424. The van der Waals surface area contributed by atoms with Crippen molar-refractivity contribution in [1.29, 1.82) is 0 Å². The van der Waals surface area contributed by atoms with Crippen molar-refractivity contribution in [2.45, 2.75) is 43.5 Å². The van der Waals surface area contributed by atoms with Gasteiger partial charge in [-0.05, 0) is 62.2 Å². The van der Waals surface area contributed by atoms with E-state index in [1.165, 1.54) is 48.4 Å². The number of hydrazine groups is 1. The summed E-state index contributed by atoms with van der Waals surface area (Å²) in [4.78, 5) is 4.98. The smallest absolute Gasteiger partial charge is 0.388 e. The largest absolute Gasteiger partial charge is 0.435 e. The maximum Gasteiger partial charge on any atom is 0.435 e. The fourth-order valence-electron chi connectivity index (χ4n) is 3.90. The lowest BCUT2D eigenvalue weighted by molar-refractivity contribution is -0.140. The normalized spacial score (nSPS) is 17.2. The minimum absolute atomic E-state index is 0.140. The van der Waals surface area contributed by atoms with E-state index in [2.05, 4.69) is 10.4 Å². The van der Waals surface area contributed by atoms with Crippen LogP contribution in [0.4, 0.5) is 18.9 Å². The molecule has 0 radical (unpaired) electrons. The molecular formula is C24H23ClF3N3O3S2. The van der Waals surface area contributed by atoms with Gasteiger partial charge in [-0.15, -0.1) is 11.3 Å². The number of aromatic nitrogens is 1. The van der Waals surface area contributed by atoms with E-state index in [0.717, 1.165) is 12.5 Å². The third-order valence-corrected chi connectivity index (χ3v) is 8.44. The molecule has 0 saturated carbocycles. The molecule has 2 aromatic heterocycles. The molecule has 0 spiro atoms. The molecule has 0 fully saturated rings. The van der Waals surface area contributed by atoms with Gasteiger partial charge in [0, 0.05) is 17.3 Å². The summed E-state index contributed by atoms with van der Waals surface area (Å²) in [6.45, 7) is 4.80. The molecule has 4 rings (SSSR count). The highest BCUT2D eigenvalue weighted by Crippen LogP contribution is 2.46. The molecule has 1 unspecified atom stereocenters. The SMILES string of the molecule is Cc1cc(-c2cccc(S(C)(=O)=O)c2)sc1C1=C(Cl)C(C(C)(C)O)NN1c1cccnc1C(F)(F)F. The first-order valence-corrected chi connectivity index (χ1v) is 13.8. The molecule has 1 aliphatic heterocycles. The fraction of sp³-hybridized carbons (Fsp3) is 0.292. The number of nitrogens with zero attached hydrogens (tertiary/aromatic N) is 2. The van der Waals surface area contributed by atoms with E-state index < -0.39 is 33.4 Å². The van der Waals surface area contributed by atoms with E-state index in [1.54, 1.807) is 25.1 Å². The molecule has 12 heteroatoms. The van der Waals surface area contributed by atoms with E-state index >= 15 is 0 Å². The van der Waals surface area contributed by atoms with Crippen molar-refractivity contribution >= 4 is 44.2 Å². The second-order valence-electron chi connectivity index (χ2n) is 9.04. The molecule has 0 amide bonds. The van der Waals surface area contributed by atoms with Crippen molar-refractivity contribution in [3.63, 3.8) is 0 Å². The molecule has 0 saturated heterocycles. The zero-order valence-corrected chi connectivity index (χ0v) is 22.1. The molecule has 36 heavy (non-hydrogen) atoms. The van der Waals surface area contributed by atoms with Crippen LogP contribution in [0, 0.1) is 6.92 Å². The summed E-state index contributed by atoms with van der Waals surface area (Å²) in [5.74, 6) is 0. The predicted molar refractivity (Wildman–Crippen MR) is 135 cm³/mol. The van der Waals surface area contributed by atoms with Crippen LogP contribution in [0.25, 0.3) is 16.1 Å². The molecule has 192 valence electrons. The maximum atomic E-state index is 13.8.